The van der Waals surface area contributed by atoms with Crippen molar-refractivity contribution >= 4 is 22.5 Å². The Morgan fingerprint density at radius 2 is 1.71 bits per heavy atom. The molecule has 2 aromatic carbocycles. The van der Waals surface area contributed by atoms with Crippen LogP contribution in [0.1, 0.15) is 25.3 Å². The highest BCUT2D eigenvalue weighted by Gasteiger charge is 2.45. The molecular weight excluding hydrogens is 373 g/mol. The standard InChI is InChI=1S/C20H17F3N2O3/c1-19(8-9-19)18(26)25-17-11-24-16-7-6-14(10-15(16)17)28-27-13-4-2-12(3-5-13)20(21,22)23/h2-7,10-11,24H,8-9H2,1H3,(H,25,26). The van der Waals surface area contributed by atoms with Crippen molar-refractivity contribution in [2.24, 2.45) is 5.41 Å². The molecular formula is C20H17F3N2O3. The van der Waals surface area contributed by atoms with Crippen LogP contribution in [0, 0.1) is 5.41 Å². The van der Waals surface area contributed by atoms with Gasteiger partial charge in [-0.15, -0.1) is 0 Å². The third kappa shape index (κ3) is 3.62. The number of anilines is 1. The van der Waals surface area contributed by atoms with Crippen LogP contribution in [0.4, 0.5) is 18.9 Å². The van der Waals surface area contributed by atoms with Crippen molar-refractivity contribution in [1.82, 2.24) is 4.98 Å². The molecule has 8 heteroatoms. The first-order chi connectivity index (χ1) is 13.2. The van der Waals surface area contributed by atoms with Crippen molar-refractivity contribution in [1.29, 1.82) is 0 Å². The molecule has 4 rings (SSSR count). The number of aromatic amines is 1. The number of carbonyl (C=O) groups is 1. The van der Waals surface area contributed by atoms with Crippen LogP contribution in [0.15, 0.2) is 48.7 Å². The normalized spacial score (nSPS) is 15.3. The van der Waals surface area contributed by atoms with Crippen molar-refractivity contribution in [3.63, 3.8) is 0 Å². The number of halogens is 3. The molecule has 1 fully saturated rings. The molecule has 2 N–H and O–H groups in total. The van der Waals surface area contributed by atoms with Gasteiger partial charge in [0.2, 0.25) is 5.91 Å². The summed E-state index contributed by atoms with van der Waals surface area (Å²) in [6, 6.07) is 9.28. The highest BCUT2D eigenvalue weighted by Crippen LogP contribution is 2.46. The Kier molecular flexibility index (Phi) is 4.21. The maximum Gasteiger partial charge on any atom is 0.416 e. The van der Waals surface area contributed by atoms with Gasteiger partial charge in [-0.25, -0.2) is 0 Å². The maximum atomic E-state index is 12.6. The van der Waals surface area contributed by atoms with Crippen molar-refractivity contribution in [2.45, 2.75) is 25.9 Å². The van der Waals surface area contributed by atoms with Crippen molar-refractivity contribution < 1.29 is 27.7 Å². The topological polar surface area (TPSA) is 63.4 Å². The molecule has 28 heavy (non-hydrogen) atoms. The lowest BCUT2D eigenvalue weighted by Gasteiger charge is -2.10. The lowest BCUT2D eigenvalue weighted by Crippen LogP contribution is -2.21. The van der Waals surface area contributed by atoms with Gasteiger partial charge in [-0.3, -0.25) is 14.6 Å². The van der Waals surface area contributed by atoms with Gasteiger partial charge < -0.3 is 10.3 Å². The van der Waals surface area contributed by atoms with Crippen LogP contribution < -0.4 is 15.1 Å². The molecule has 1 aromatic heterocycles. The smallest absolute Gasteiger partial charge is 0.359 e. The monoisotopic (exact) mass is 390 g/mol. The number of hydrogen-bond donors (Lipinski definition) is 2. The predicted octanol–water partition coefficient (Wildman–Crippen LogP) is 5.30. The molecule has 0 spiro atoms. The Morgan fingerprint density at radius 1 is 1.07 bits per heavy atom. The first kappa shape index (κ1) is 18.2. The summed E-state index contributed by atoms with van der Waals surface area (Å²) in [5.74, 6) is 0.457. The highest BCUT2D eigenvalue weighted by atomic mass is 19.4. The average Bonchev–Trinajstić information content (AvgIpc) is 3.30. The Hall–Kier alpha value is -3.16. The molecule has 1 amide bonds. The summed E-state index contributed by atoms with van der Waals surface area (Å²) >= 11 is 0. The Morgan fingerprint density at radius 3 is 2.36 bits per heavy atom. The van der Waals surface area contributed by atoms with Crippen LogP contribution in [0.5, 0.6) is 11.5 Å². The van der Waals surface area contributed by atoms with Gasteiger partial charge in [-0.2, -0.15) is 13.2 Å². The van der Waals surface area contributed by atoms with E-state index in [1.165, 1.54) is 12.1 Å². The number of nitrogens with one attached hydrogen (secondary N) is 2. The van der Waals surface area contributed by atoms with Crippen LogP contribution in [0.2, 0.25) is 0 Å². The van der Waals surface area contributed by atoms with Gasteiger partial charge in [0.15, 0.2) is 11.5 Å². The van der Waals surface area contributed by atoms with Crippen LogP contribution in [-0.4, -0.2) is 10.9 Å². The molecule has 3 aromatic rings. The first-order valence-corrected chi connectivity index (χ1v) is 8.69. The van der Waals surface area contributed by atoms with Crippen LogP contribution in [0.25, 0.3) is 10.9 Å². The Bertz CT molecular complexity index is 1020. The molecule has 5 nitrogen and oxygen atoms in total. The largest absolute Gasteiger partial charge is 0.416 e. The number of benzene rings is 2. The molecule has 1 aliphatic carbocycles. The van der Waals surface area contributed by atoms with Crippen molar-refractivity contribution in [2.75, 3.05) is 5.32 Å². The minimum atomic E-state index is -4.41. The van der Waals surface area contributed by atoms with E-state index in [-0.39, 0.29) is 17.1 Å². The average molecular weight is 390 g/mol. The summed E-state index contributed by atoms with van der Waals surface area (Å²) in [5, 5.41) is 3.66. The van der Waals surface area contributed by atoms with Gasteiger partial charge in [-0.1, -0.05) is 6.92 Å². The fourth-order valence-electron chi connectivity index (χ4n) is 2.74. The van der Waals surface area contributed by atoms with Crippen LogP contribution in [-0.2, 0) is 11.0 Å². The third-order valence-corrected chi connectivity index (χ3v) is 4.87. The van der Waals surface area contributed by atoms with E-state index < -0.39 is 11.7 Å². The second-order valence-corrected chi connectivity index (χ2v) is 7.11. The predicted molar refractivity (Wildman–Crippen MR) is 97.0 cm³/mol. The van der Waals surface area contributed by atoms with Gasteiger partial charge in [0.05, 0.1) is 11.3 Å². The molecule has 1 heterocycles. The molecule has 1 aliphatic rings. The molecule has 0 bridgehead atoms. The Balaban J connectivity index is 1.47. The number of alkyl halides is 3. The minimum absolute atomic E-state index is 0.0271. The van der Waals surface area contributed by atoms with Gasteiger partial charge >= 0.3 is 6.18 Å². The number of hydrogen-bond acceptors (Lipinski definition) is 3. The summed E-state index contributed by atoms with van der Waals surface area (Å²) in [7, 11) is 0. The molecule has 0 radical (unpaired) electrons. The van der Waals surface area contributed by atoms with Gasteiger partial charge in [0.1, 0.15) is 0 Å². The van der Waals surface area contributed by atoms with Crippen LogP contribution in [0.3, 0.4) is 0 Å². The van der Waals surface area contributed by atoms with E-state index in [1.807, 2.05) is 6.92 Å². The maximum absolute atomic E-state index is 12.6. The molecule has 0 atom stereocenters. The van der Waals surface area contributed by atoms with E-state index in [9.17, 15) is 18.0 Å². The van der Waals surface area contributed by atoms with Crippen molar-refractivity contribution in [3.8, 4) is 11.5 Å². The summed E-state index contributed by atoms with van der Waals surface area (Å²) in [4.78, 5) is 25.7. The fourth-order valence-corrected chi connectivity index (χ4v) is 2.74. The fraction of sp³-hybridized carbons (Fsp3) is 0.250. The quantitative estimate of drug-likeness (QED) is 0.459. The summed E-state index contributed by atoms with van der Waals surface area (Å²) < 4.78 is 37.8. The zero-order valence-corrected chi connectivity index (χ0v) is 14.9. The summed E-state index contributed by atoms with van der Waals surface area (Å²) in [5.41, 5.74) is 0.369. The van der Waals surface area contributed by atoms with E-state index >= 15 is 0 Å². The second-order valence-electron chi connectivity index (χ2n) is 7.11. The first-order valence-electron chi connectivity index (χ1n) is 8.69. The second kappa shape index (κ2) is 6.47. The molecule has 1 saturated carbocycles. The van der Waals surface area contributed by atoms with E-state index in [1.54, 1.807) is 24.4 Å². The number of aromatic nitrogens is 1. The molecule has 146 valence electrons. The summed E-state index contributed by atoms with van der Waals surface area (Å²) in [6.07, 6.45) is -0.959. The number of amides is 1. The highest BCUT2D eigenvalue weighted by molar-refractivity contribution is 6.04. The molecule has 0 aliphatic heterocycles. The molecule has 0 saturated heterocycles. The molecule has 0 unspecified atom stereocenters. The number of carbonyl (C=O) groups excluding carboxylic acids is 1. The third-order valence-electron chi connectivity index (χ3n) is 4.87. The summed E-state index contributed by atoms with van der Waals surface area (Å²) in [6.45, 7) is 1.92. The van der Waals surface area contributed by atoms with Gasteiger partial charge in [0.25, 0.3) is 0 Å². The lowest BCUT2D eigenvalue weighted by atomic mass is 10.1. The van der Waals surface area contributed by atoms with E-state index in [0.29, 0.717) is 11.4 Å². The Labute approximate surface area is 158 Å². The van der Waals surface area contributed by atoms with Gasteiger partial charge in [0, 0.05) is 22.5 Å². The SMILES string of the molecule is CC1(C(=O)Nc2c[nH]c3ccc(OOc4ccc(C(F)(F)F)cc4)cc23)CC1. The van der Waals surface area contributed by atoms with E-state index in [2.05, 4.69) is 10.3 Å². The lowest BCUT2D eigenvalue weighted by molar-refractivity contribution is -0.137. The van der Waals surface area contributed by atoms with E-state index in [0.717, 1.165) is 35.9 Å². The minimum Gasteiger partial charge on any atom is -0.359 e. The van der Waals surface area contributed by atoms with Crippen LogP contribution >= 0.6 is 0 Å². The number of fused-ring (bicyclic) bond motifs is 1. The van der Waals surface area contributed by atoms with Crippen molar-refractivity contribution in [3.05, 3.63) is 54.2 Å². The number of rotatable bonds is 5. The van der Waals surface area contributed by atoms with Gasteiger partial charge in [-0.05, 0) is 55.3 Å². The number of H-pyrrole nitrogens is 1. The zero-order valence-electron chi connectivity index (χ0n) is 14.9. The zero-order chi connectivity index (χ0) is 19.9. The van der Waals surface area contributed by atoms with E-state index in [4.69, 9.17) is 9.78 Å².